The van der Waals surface area contributed by atoms with E-state index in [1.165, 1.54) is 12.1 Å². The maximum absolute atomic E-state index is 10.5. The van der Waals surface area contributed by atoms with Crippen molar-refractivity contribution < 1.29 is 29.3 Å². The molecule has 0 saturated carbocycles. The van der Waals surface area contributed by atoms with Crippen molar-refractivity contribution in [2.75, 3.05) is 0 Å². The normalized spacial score (nSPS) is 10.4. The van der Waals surface area contributed by atoms with Crippen LogP contribution in [0.4, 0.5) is 9.59 Å². The van der Waals surface area contributed by atoms with Crippen molar-refractivity contribution in [1.29, 1.82) is 0 Å². The van der Waals surface area contributed by atoms with Crippen molar-refractivity contribution in [1.82, 2.24) is 0 Å². The molecule has 0 aliphatic carbocycles. The number of ether oxygens (including phenoxy) is 2. The van der Waals surface area contributed by atoms with Gasteiger partial charge in [0.15, 0.2) is 0 Å². The molecule has 0 aliphatic rings. The van der Waals surface area contributed by atoms with Crippen LogP contribution in [-0.2, 0) is 0 Å². The Morgan fingerprint density at radius 3 is 1.55 bits per heavy atom. The first-order valence-corrected chi connectivity index (χ1v) is 6.23. The lowest BCUT2D eigenvalue weighted by molar-refractivity contribution is 0.143. The maximum Gasteiger partial charge on any atom is 0.511 e. The fourth-order valence-corrected chi connectivity index (χ4v) is 1.76. The Labute approximate surface area is 125 Å². The predicted octanol–water partition coefficient (Wildman–Crippen LogP) is 3.97. The van der Waals surface area contributed by atoms with E-state index in [-0.39, 0.29) is 11.5 Å². The van der Waals surface area contributed by atoms with Gasteiger partial charge in [0.1, 0.15) is 11.5 Å². The van der Waals surface area contributed by atoms with Crippen molar-refractivity contribution in [2.24, 2.45) is 0 Å². The molecule has 2 rings (SSSR count). The summed E-state index contributed by atoms with van der Waals surface area (Å²) in [5.74, 6) is 0.440. The largest absolute Gasteiger partial charge is 0.511 e. The summed E-state index contributed by atoms with van der Waals surface area (Å²) in [5, 5.41) is 17.1. The lowest BCUT2D eigenvalue weighted by Gasteiger charge is -2.02. The Bertz CT molecular complexity index is 659. The van der Waals surface area contributed by atoms with Gasteiger partial charge in [-0.15, -0.1) is 0 Å². The van der Waals surface area contributed by atoms with Crippen molar-refractivity contribution in [2.45, 2.75) is 0 Å². The molecule has 0 spiro atoms. The molecule has 0 atom stereocenters. The molecule has 6 heteroatoms. The van der Waals surface area contributed by atoms with E-state index >= 15 is 0 Å². The van der Waals surface area contributed by atoms with E-state index in [9.17, 15) is 9.59 Å². The van der Waals surface area contributed by atoms with Gasteiger partial charge >= 0.3 is 12.3 Å². The van der Waals surface area contributed by atoms with Crippen LogP contribution in [0.1, 0.15) is 11.1 Å². The highest BCUT2D eigenvalue weighted by atomic mass is 16.7. The Morgan fingerprint density at radius 2 is 1.18 bits per heavy atom. The minimum atomic E-state index is -1.38. The number of carboxylic acid groups (broad SMARTS) is 2. The van der Waals surface area contributed by atoms with Gasteiger partial charge in [0.2, 0.25) is 0 Å². The lowest BCUT2D eigenvalue weighted by atomic mass is 10.1. The quantitative estimate of drug-likeness (QED) is 0.504. The van der Waals surface area contributed by atoms with Crippen molar-refractivity contribution >= 4 is 24.5 Å². The van der Waals surface area contributed by atoms with Gasteiger partial charge in [-0.3, -0.25) is 0 Å². The third-order valence-corrected chi connectivity index (χ3v) is 2.59. The molecule has 0 unspecified atom stereocenters. The second-order valence-corrected chi connectivity index (χ2v) is 4.21. The van der Waals surface area contributed by atoms with Crippen LogP contribution in [0, 0.1) is 0 Å². The molecule has 0 bridgehead atoms. The zero-order valence-electron chi connectivity index (χ0n) is 11.3. The Kier molecular flexibility index (Phi) is 4.77. The summed E-state index contributed by atoms with van der Waals surface area (Å²) >= 11 is 0. The maximum atomic E-state index is 10.5. The molecule has 2 aromatic rings. The highest BCUT2D eigenvalue weighted by Crippen LogP contribution is 2.18. The third-order valence-electron chi connectivity index (χ3n) is 2.59. The minimum absolute atomic E-state index is 0.220. The molecule has 0 saturated heterocycles. The van der Waals surface area contributed by atoms with Crippen molar-refractivity contribution in [3.05, 3.63) is 59.7 Å². The van der Waals surface area contributed by atoms with E-state index in [0.29, 0.717) is 0 Å². The van der Waals surface area contributed by atoms with Crippen LogP contribution in [-0.4, -0.2) is 22.5 Å². The van der Waals surface area contributed by atoms with Gasteiger partial charge in [0.25, 0.3) is 0 Å². The molecule has 6 nitrogen and oxygen atoms in total. The average molecular weight is 300 g/mol. The van der Waals surface area contributed by atoms with Crippen LogP contribution in [0.25, 0.3) is 12.2 Å². The molecule has 0 radical (unpaired) electrons. The molecule has 0 aromatic heterocycles. The monoisotopic (exact) mass is 300 g/mol. The van der Waals surface area contributed by atoms with Gasteiger partial charge in [-0.2, -0.15) is 0 Å². The summed E-state index contributed by atoms with van der Waals surface area (Å²) in [7, 11) is 0. The molecule has 112 valence electrons. The molecular weight excluding hydrogens is 288 g/mol. The van der Waals surface area contributed by atoms with Crippen LogP contribution in [0.15, 0.2) is 48.5 Å². The molecule has 0 fully saturated rings. The Balaban J connectivity index is 2.14. The highest BCUT2D eigenvalue weighted by Gasteiger charge is 2.02. The van der Waals surface area contributed by atoms with E-state index in [4.69, 9.17) is 10.2 Å². The summed E-state index contributed by atoms with van der Waals surface area (Å²) < 4.78 is 9.13. The fourth-order valence-electron chi connectivity index (χ4n) is 1.76. The zero-order chi connectivity index (χ0) is 15.9. The minimum Gasteiger partial charge on any atom is -0.449 e. The number of rotatable bonds is 4. The summed E-state index contributed by atoms with van der Waals surface area (Å²) in [6.07, 6.45) is 0.739. The van der Waals surface area contributed by atoms with E-state index < -0.39 is 12.3 Å². The van der Waals surface area contributed by atoms with Gasteiger partial charge < -0.3 is 19.7 Å². The van der Waals surface area contributed by atoms with Crippen LogP contribution in [0.2, 0.25) is 0 Å². The van der Waals surface area contributed by atoms with Gasteiger partial charge in [-0.05, 0) is 35.4 Å². The first kappa shape index (κ1) is 15.1. The predicted molar refractivity (Wildman–Crippen MR) is 79.1 cm³/mol. The number of hydrogen-bond acceptors (Lipinski definition) is 4. The SMILES string of the molecule is O=C(O)Oc1cccc(/C=C/c2cccc(OC(=O)O)c2)c1. The van der Waals surface area contributed by atoms with E-state index in [2.05, 4.69) is 9.47 Å². The second-order valence-electron chi connectivity index (χ2n) is 4.21. The molecule has 0 amide bonds. The van der Waals surface area contributed by atoms with Crippen LogP contribution in [0.5, 0.6) is 11.5 Å². The van der Waals surface area contributed by atoms with E-state index in [1.807, 2.05) is 0 Å². The van der Waals surface area contributed by atoms with Crippen LogP contribution < -0.4 is 9.47 Å². The topological polar surface area (TPSA) is 93.1 Å². The molecule has 22 heavy (non-hydrogen) atoms. The molecular formula is C16H12O6. The zero-order valence-corrected chi connectivity index (χ0v) is 11.3. The van der Waals surface area contributed by atoms with Gasteiger partial charge in [-0.1, -0.05) is 36.4 Å². The van der Waals surface area contributed by atoms with Gasteiger partial charge in [0, 0.05) is 0 Å². The van der Waals surface area contributed by atoms with Gasteiger partial charge in [0.05, 0.1) is 0 Å². The third kappa shape index (κ3) is 4.68. The van der Waals surface area contributed by atoms with Crippen LogP contribution in [0.3, 0.4) is 0 Å². The average Bonchev–Trinajstić information content (AvgIpc) is 2.44. The standard InChI is InChI=1S/C16H12O6/c17-15(18)21-13-5-1-3-11(9-13)7-8-12-4-2-6-14(10-12)22-16(19)20/h1-10H,(H,17,18)(H,19,20)/b8-7+. The lowest BCUT2D eigenvalue weighted by Crippen LogP contribution is -2.02. The smallest absolute Gasteiger partial charge is 0.449 e. The van der Waals surface area contributed by atoms with Crippen LogP contribution >= 0.6 is 0 Å². The fraction of sp³-hybridized carbons (Fsp3) is 0. The van der Waals surface area contributed by atoms with Crippen molar-refractivity contribution in [3.63, 3.8) is 0 Å². The highest BCUT2D eigenvalue weighted by molar-refractivity contribution is 5.72. The van der Waals surface area contributed by atoms with Gasteiger partial charge in [-0.25, -0.2) is 9.59 Å². The Hall–Kier alpha value is -3.28. The van der Waals surface area contributed by atoms with Crippen molar-refractivity contribution in [3.8, 4) is 11.5 Å². The summed E-state index contributed by atoms with van der Waals surface area (Å²) in [6.45, 7) is 0. The van der Waals surface area contributed by atoms with E-state index in [1.54, 1.807) is 48.6 Å². The molecule has 2 N–H and O–H groups in total. The molecule has 2 aromatic carbocycles. The molecule has 0 heterocycles. The first-order valence-electron chi connectivity index (χ1n) is 6.23. The first-order chi connectivity index (χ1) is 10.5. The Morgan fingerprint density at radius 1 is 0.773 bits per heavy atom. The van der Waals surface area contributed by atoms with E-state index in [0.717, 1.165) is 11.1 Å². The molecule has 0 aliphatic heterocycles. The summed E-state index contributed by atoms with van der Waals surface area (Å²) in [6, 6.07) is 13.1. The summed E-state index contributed by atoms with van der Waals surface area (Å²) in [5.41, 5.74) is 1.48. The second kappa shape index (κ2) is 6.94. The number of benzene rings is 2. The number of carbonyl (C=O) groups is 2. The summed E-state index contributed by atoms with van der Waals surface area (Å²) in [4.78, 5) is 21.0. The number of hydrogen-bond donors (Lipinski definition) is 2.